The summed E-state index contributed by atoms with van der Waals surface area (Å²) in [6, 6.07) is 12.5. The van der Waals surface area contributed by atoms with E-state index in [0.29, 0.717) is 25.4 Å². The van der Waals surface area contributed by atoms with Crippen LogP contribution >= 0.6 is 0 Å². The lowest BCUT2D eigenvalue weighted by molar-refractivity contribution is -0.122. The number of hydrogen-bond donors (Lipinski definition) is 3. The third kappa shape index (κ3) is 6.34. The van der Waals surface area contributed by atoms with Crippen LogP contribution in [0.4, 0.5) is 5.69 Å². The van der Waals surface area contributed by atoms with Crippen molar-refractivity contribution in [2.24, 2.45) is 0 Å². The van der Waals surface area contributed by atoms with Gasteiger partial charge in [0.1, 0.15) is 5.75 Å². The summed E-state index contributed by atoms with van der Waals surface area (Å²) in [7, 11) is -2.32. The van der Waals surface area contributed by atoms with Crippen molar-refractivity contribution in [3.8, 4) is 5.75 Å². The number of carbonyl (C=O) groups is 2. The molecule has 0 aromatic heterocycles. The van der Waals surface area contributed by atoms with Gasteiger partial charge in [-0.1, -0.05) is 12.1 Å². The molecule has 1 heterocycles. The van der Waals surface area contributed by atoms with Crippen molar-refractivity contribution in [3.63, 3.8) is 0 Å². The third-order valence-electron chi connectivity index (χ3n) is 5.96. The van der Waals surface area contributed by atoms with Gasteiger partial charge in [0.2, 0.25) is 21.8 Å². The lowest BCUT2D eigenvalue weighted by Crippen LogP contribution is -2.50. The fourth-order valence-electron chi connectivity index (χ4n) is 3.96. The average Bonchev–Trinajstić information content (AvgIpc) is 2.83. The van der Waals surface area contributed by atoms with E-state index >= 15 is 0 Å². The Bertz CT molecular complexity index is 1090. The van der Waals surface area contributed by atoms with Crippen molar-refractivity contribution in [2.45, 2.75) is 43.0 Å². The van der Waals surface area contributed by atoms with Crippen molar-refractivity contribution < 1.29 is 27.5 Å². The fraction of sp³-hybridized carbons (Fsp3) is 0.417. The molecule has 9 nitrogen and oxygen atoms in total. The minimum Gasteiger partial charge on any atom is -0.497 e. The first-order valence-corrected chi connectivity index (χ1v) is 12.5. The summed E-state index contributed by atoms with van der Waals surface area (Å²) < 4.78 is 38.7. The predicted octanol–water partition coefficient (Wildman–Crippen LogP) is 2.18. The minimum absolute atomic E-state index is 0.000356. The molecule has 0 radical (unpaired) electrons. The van der Waals surface area contributed by atoms with Crippen LogP contribution in [0, 0.1) is 0 Å². The summed E-state index contributed by atoms with van der Waals surface area (Å²) >= 11 is 0. The molecule has 3 rings (SSSR count). The second kappa shape index (κ2) is 11.0. The Hall–Kier alpha value is -2.95. The van der Waals surface area contributed by atoms with Gasteiger partial charge < -0.3 is 20.1 Å². The van der Waals surface area contributed by atoms with Gasteiger partial charge in [0.15, 0.2) is 0 Å². The van der Waals surface area contributed by atoms with E-state index in [2.05, 4.69) is 15.4 Å². The van der Waals surface area contributed by atoms with Gasteiger partial charge >= 0.3 is 0 Å². The maximum Gasteiger partial charge on any atom is 0.241 e. The average molecular weight is 490 g/mol. The molecule has 0 spiro atoms. The molecule has 184 valence electrons. The van der Waals surface area contributed by atoms with Crippen LogP contribution in [0.1, 0.15) is 32.3 Å². The van der Waals surface area contributed by atoms with Crippen LogP contribution in [0.2, 0.25) is 0 Å². The molecule has 10 heteroatoms. The molecular formula is C24H31N3O6S. The van der Waals surface area contributed by atoms with E-state index in [0.717, 1.165) is 24.2 Å². The zero-order chi connectivity index (χ0) is 24.8. The molecule has 0 bridgehead atoms. The Kier molecular flexibility index (Phi) is 8.29. The van der Waals surface area contributed by atoms with Crippen LogP contribution in [0.5, 0.6) is 5.75 Å². The SMILES string of the molecule is COc1ccc(C2(CNC(=O)[C@H](C)NS(=O)(=O)c3ccc(NC(C)=O)cc3)CCOCC2)cc1. The number of hydrogen-bond acceptors (Lipinski definition) is 6. The number of methoxy groups -OCH3 is 1. The lowest BCUT2D eigenvalue weighted by Gasteiger charge is -2.38. The molecule has 2 amide bonds. The maximum atomic E-state index is 12.8. The van der Waals surface area contributed by atoms with Crippen molar-refractivity contribution in [2.75, 3.05) is 32.2 Å². The van der Waals surface area contributed by atoms with Crippen LogP contribution in [0.15, 0.2) is 53.4 Å². The van der Waals surface area contributed by atoms with E-state index in [9.17, 15) is 18.0 Å². The number of sulfonamides is 1. The second-order valence-electron chi connectivity index (χ2n) is 8.39. The Morgan fingerprint density at radius 2 is 1.68 bits per heavy atom. The first-order valence-electron chi connectivity index (χ1n) is 11.1. The number of nitrogens with one attached hydrogen (secondary N) is 3. The first-order chi connectivity index (χ1) is 16.1. The lowest BCUT2D eigenvalue weighted by atomic mass is 9.74. The summed E-state index contributed by atoms with van der Waals surface area (Å²) in [5.41, 5.74) is 1.25. The van der Waals surface area contributed by atoms with Gasteiger partial charge in [-0.05, 0) is 61.7 Å². The highest BCUT2D eigenvalue weighted by Crippen LogP contribution is 2.35. The van der Waals surface area contributed by atoms with E-state index in [1.807, 2.05) is 24.3 Å². The van der Waals surface area contributed by atoms with Crippen molar-refractivity contribution in [1.29, 1.82) is 0 Å². The Morgan fingerprint density at radius 3 is 2.24 bits per heavy atom. The highest BCUT2D eigenvalue weighted by atomic mass is 32.2. The highest BCUT2D eigenvalue weighted by Gasteiger charge is 2.35. The van der Waals surface area contributed by atoms with Gasteiger partial charge in [-0.2, -0.15) is 4.72 Å². The van der Waals surface area contributed by atoms with Gasteiger partial charge in [0, 0.05) is 37.8 Å². The number of anilines is 1. The van der Waals surface area contributed by atoms with E-state index in [1.54, 1.807) is 7.11 Å². The smallest absolute Gasteiger partial charge is 0.241 e. The molecule has 0 saturated carbocycles. The second-order valence-corrected chi connectivity index (χ2v) is 10.1. The fourth-order valence-corrected chi connectivity index (χ4v) is 5.16. The van der Waals surface area contributed by atoms with Crippen molar-refractivity contribution in [3.05, 3.63) is 54.1 Å². The molecule has 1 fully saturated rings. The normalized spacial score (nSPS) is 16.3. The summed E-state index contributed by atoms with van der Waals surface area (Å²) in [4.78, 5) is 23.9. The number of amides is 2. The summed E-state index contributed by atoms with van der Waals surface area (Å²) in [6.07, 6.45) is 1.47. The van der Waals surface area contributed by atoms with Gasteiger partial charge in [-0.3, -0.25) is 9.59 Å². The molecule has 34 heavy (non-hydrogen) atoms. The summed E-state index contributed by atoms with van der Waals surface area (Å²) in [5.74, 6) is 0.0805. The van der Waals surface area contributed by atoms with Gasteiger partial charge in [0.25, 0.3) is 0 Å². The van der Waals surface area contributed by atoms with Crippen LogP contribution < -0.4 is 20.1 Å². The van der Waals surface area contributed by atoms with Crippen LogP contribution in [-0.4, -0.2) is 53.1 Å². The van der Waals surface area contributed by atoms with Crippen molar-refractivity contribution in [1.82, 2.24) is 10.0 Å². The molecule has 2 aromatic rings. The standard InChI is InChI=1S/C24H31N3O6S/c1-17(27-34(30,31)22-10-6-20(7-11-22)26-18(2)28)23(29)25-16-24(12-14-33-15-13-24)19-4-8-21(32-3)9-5-19/h4-11,17,27H,12-16H2,1-3H3,(H,25,29)(H,26,28)/t17-/m0/s1. The monoisotopic (exact) mass is 489 g/mol. The number of carbonyl (C=O) groups excluding carboxylic acids is 2. The molecule has 1 saturated heterocycles. The Morgan fingerprint density at radius 1 is 1.06 bits per heavy atom. The maximum absolute atomic E-state index is 12.8. The largest absolute Gasteiger partial charge is 0.497 e. The number of benzene rings is 2. The molecule has 3 N–H and O–H groups in total. The quantitative estimate of drug-likeness (QED) is 0.496. The van der Waals surface area contributed by atoms with Crippen LogP contribution in [-0.2, 0) is 29.8 Å². The first kappa shape index (κ1) is 25.7. The topological polar surface area (TPSA) is 123 Å². The van der Waals surface area contributed by atoms with Gasteiger partial charge in [-0.25, -0.2) is 8.42 Å². The highest BCUT2D eigenvalue weighted by molar-refractivity contribution is 7.89. The molecule has 2 aromatic carbocycles. The van der Waals surface area contributed by atoms with Crippen LogP contribution in [0.3, 0.4) is 0 Å². The molecule has 0 unspecified atom stereocenters. The van der Waals surface area contributed by atoms with E-state index in [1.165, 1.54) is 38.1 Å². The van der Waals surface area contributed by atoms with E-state index in [4.69, 9.17) is 9.47 Å². The molecular weight excluding hydrogens is 458 g/mol. The zero-order valence-electron chi connectivity index (χ0n) is 19.6. The van der Waals surface area contributed by atoms with E-state index < -0.39 is 22.0 Å². The molecule has 0 aliphatic carbocycles. The zero-order valence-corrected chi connectivity index (χ0v) is 20.4. The number of rotatable bonds is 9. The molecule has 1 atom stereocenters. The minimum atomic E-state index is -3.93. The Balaban J connectivity index is 1.65. The molecule has 1 aliphatic heterocycles. The molecule has 1 aliphatic rings. The van der Waals surface area contributed by atoms with Gasteiger partial charge in [-0.15, -0.1) is 0 Å². The van der Waals surface area contributed by atoms with Crippen LogP contribution in [0.25, 0.3) is 0 Å². The third-order valence-corrected chi connectivity index (χ3v) is 7.52. The predicted molar refractivity (Wildman–Crippen MR) is 128 cm³/mol. The summed E-state index contributed by atoms with van der Waals surface area (Å²) in [6.45, 7) is 4.39. The Labute approximate surface area is 200 Å². The van der Waals surface area contributed by atoms with E-state index in [-0.39, 0.29) is 16.2 Å². The van der Waals surface area contributed by atoms with Gasteiger partial charge in [0.05, 0.1) is 18.0 Å². The van der Waals surface area contributed by atoms with Crippen molar-refractivity contribution >= 4 is 27.5 Å². The number of ether oxygens (including phenoxy) is 2. The summed E-state index contributed by atoms with van der Waals surface area (Å²) in [5, 5.41) is 5.50.